The van der Waals surface area contributed by atoms with E-state index in [0.717, 1.165) is 47.6 Å². The maximum Gasteiger partial charge on any atom is 0.225 e. The summed E-state index contributed by atoms with van der Waals surface area (Å²) >= 11 is 0. The van der Waals surface area contributed by atoms with E-state index >= 15 is 0 Å². The Hall–Kier alpha value is -4.10. The van der Waals surface area contributed by atoms with Gasteiger partial charge < -0.3 is 9.47 Å². The first-order valence-corrected chi connectivity index (χ1v) is 17.2. The SMILES string of the molecule is Cc1ccc(C(=CCN2CCCC2)c2cccc(C=CCN(C(=O)CC(C)n3c(C)nc4cnccc43)C3CCCCC3)n2)cc1. The first-order chi connectivity index (χ1) is 22.5. The molecule has 1 amide bonds. The fraction of sp³-hybridized carbons (Fsp3) is 0.436. The number of pyridine rings is 2. The number of hydrogen-bond acceptors (Lipinski definition) is 5. The van der Waals surface area contributed by atoms with Gasteiger partial charge in [-0.25, -0.2) is 9.97 Å². The van der Waals surface area contributed by atoms with Crippen molar-refractivity contribution in [3.63, 3.8) is 0 Å². The van der Waals surface area contributed by atoms with Gasteiger partial charge in [-0.1, -0.05) is 67.3 Å². The molecule has 0 radical (unpaired) electrons. The van der Waals surface area contributed by atoms with Gasteiger partial charge in [-0.05, 0) is 89.4 Å². The summed E-state index contributed by atoms with van der Waals surface area (Å²) < 4.78 is 2.18. The van der Waals surface area contributed by atoms with Crippen molar-refractivity contribution in [3.8, 4) is 0 Å². The highest BCUT2D eigenvalue weighted by molar-refractivity contribution is 5.80. The minimum absolute atomic E-state index is 0.000796. The average Bonchev–Trinajstić information content (AvgIpc) is 3.71. The van der Waals surface area contributed by atoms with Crippen LogP contribution in [0.3, 0.4) is 0 Å². The van der Waals surface area contributed by atoms with Crippen molar-refractivity contribution >= 4 is 28.6 Å². The Morgan fingerprint density at radius 2 is 1.76 bits per heavy atom. The highest BCUT2D eigenvalue weighted by Crippen LogP contribution is 2.28. The Morgan fingerprint density at radius 1 is 0.978 bits per heavy atom. The summed E-state index contributed by atoms with van der Waals surface area (Å²) in [5.74, 6) is 1.12. The number of imidazole rings is 1. The van der Waals surface area contributed by atoms with Crippen LogP contribution in [0.15, 0.2) is 73.1 Å². The van der Waals surface area contributed by atoms with Gasteiger partial charge in [0.2, 0.25) is 5.91 Å². The van der Waals surface area contributed by atoms with Gasteiger partial charge >= 0.3 is 0 Å². The fourth-order valence-corrected chi connectivity index (χ4v) is 7.21. The molecule has 240 valence electrons. The Balaban J connectivity index is 1.20. The number of carbonyl (C=O) groups is 1. The maximum absolute atomic E-state index is 14.0. The van der Waals surface area contributed by atoms with Gasteiger partial charge in [-0.3, -0.25) is 14.7 Å². The van der Waals surface area contributed by atoms with Crippen molar-refractivity contribution in [1.29, 1.82) is 0 Å². The number of fused-ring (bicyclic) bond motifs is 1. The van der Waals surface area contributed by atoms with Gasteiger partial charge in [0, 0.05) is 43.4 Å². The fourth-order valence-electron chi connectivity index (χ4n) is 7.21. The van der Waals surface area contributed by atoms with Crippen molar-refractivity contribution in [2.45, 2.75) is 84.2 Å². The Kier molecular flexibility index (Phi) is 10.4. The summed E-state index contributed by atoms with van der Waals surface area (Å²) in [6.07, 6.45) is 18.9. The molecule has 6 rings (SSSR count). The summed E-state index contributed by atoms with van der Waals surface area (Å²) in [4.78, 5) is 32.6. The molecule has 4 aromatic rings. The monoisotopic (exact) mass is 616 g/mol. The minimum Gasteiger partial charge on any atom is -0.336 e. The van der Waals surface area contributed by atoms with E-state index in [4.69, 9.17) is 4.98 Å². The van der Waals surface area contributed by atoms with Gasteiger partial charge in [-0.2, -0.15) is 0 Å². The van der Waals surface area contributed by atoms with E-state index in [2.05, 4.69) is 98.9 Å². The topological polar surface area (TPSA) is 67.2 Å². The van der Waals surface area contributed by atoms with E-state index in [0.29, 0.717) is 13.0 Å². The molecule has 0 spiro atoms. The smallest absolute Gasteiger partial charge is 0.225 e. The minimum atomic E-state index is 0.000796. The lowest BCUT2D eigenvalue weighted by Crippen LogP contribution is -2.42. The van der Waals surface area contributed by atoms with Crippen LogP contribution < -0.4 is 0 Å². The van der Waals surface area contributed by atoms with Crippen molar-refractivity contribution in [2.75, 3.05) is 26.2 Å². The van der Waals surface area contributed by atoms with Gasteiger partial charge in [0.25, 0.3) is 0 Å². The van der Waals surface area contributed by atoms with E-state index in [1.165, 1.54) is 61.9 Å². The lowest BCUT2D eigenvalue weighted by Gasteiger charge is -2.34. The van der Waals surface area contributed by atoms with E-state index in [1.54, 1.807) is 12.4 Å². The van der Waals surface area contributed by atoms with E-state index in [9.17, 15) is 4.79 Å². The van der Waals surface area contributed by atoms with Crippen LogP contribution in [0.4, 0.5) is 0 Å². The second-order valence-electron chi connectivity index (χ2n) is 13.1. The molecule has 7 heteroatoms. The molecule has 0 N–H and O–H groups in total. The molecule has 46 heavy (non-hydrogen) atoms. The number of nitrogens with zero attached hydrogens (tertiary/aromatic N) is 6. The summed E-state index contributed by atoms with van der Waals surface area (Å²) in [7, 11) is 0. The standard InChI is InChI=1S/C39H48N6O/c1-29-16-18-32(19-17-29)35(21-26-43-23-7-8-24-43)36-15-9-11-33(42-36)12-10-25-44(34-13-5-4-6-14-34)39(46)27-30(2)45-31(3)41-37-28-40-22-20-38(37)45/h9-12,15-22,28,30,34H,4-8,13-14,23-27H2,1-3H3. The molecular formula is C39H48N6O. The molecule has 4 heterocycles. The predicted molar refractivity (Wildman–Crippen MR) is 187 cm³/mol. The van der Waals surface area contributed by atoms with Crippen LogP contribution in [-0.4, -0.2) is 67.4 Å². The maximum atomic E-state index is 14.0. The highest BCUT2D eigenvalue weighted by Gasteiger charge is 2.27. The number of aromatic nitrogens is 4. The van der Waals surface area contributed by atoms with E-state index < -0.39 is 0 Å². The molecule has 3 aromatic heterocycles. The van der Waals surface area contributed by atoms with Crippen LogP contribution in [0.1, 0.15) is 92.7 Å². The largest absolute Gasteiger partial charge is 0.336 e. The molecule has 1 atom stereocenters. The normalized spacial score (nSPS) is 17.2. The quantitative estimate of drug-likeness (QED) is 0.172. The summed E-state index contributed by atoms with van der Waals surface area (Å²) in [6, 6.07) is 17.3. The van der Waals surface area contributed by atoms with Crippen molar-refractivity contribution in [2.24, 2.45) is 0 Å². The molecule has 1 aromatic carbocycles. The van der Waals surface area contributed by atoms with Gasteiger partial charge in [0.15, 0.2) is 0 Å². The van der Waals surface area contributed by atoms with Crippen LogP contribution in [0.2, 0.25) is 0 Å². The second kappa shape index (κ2) is 15.0. The number of carbonyl (C=O) groups excluding carboxylic acids is 1. The number of benzene rings is 1. The molecule has 1 aliphatic heterocycles. The number of likely N-dealkylation sites (tertiary alicyclic amines) is 1. The Labute approximate surface area is 274 Å². The predicted octanol–water partition coefficient (Wildman–Crippen LogP) is 7.80. The summed E-state index contributed by atoms with van der Waals surface area (Å²) in [5, 5.41) is 0. The lowest BCUT2D eigenvalue weighted by atomic mass is 9.93. The first kappa shape index (κ1) is 31.9. The highest BCUT2D eigenvalue weighted by atomic mass is 16.2. The lowest BCUT2D eigenvalue weighted by molar-refractivity contribution is -0.134. The van der Waals surface area contributed by atoms with Gasteiger partial charge in [0.05, 0.1) is 23.1 Å². The Morgan fingerprint density at radius 3 is 2.54 bits per heavy atom. The van der Waals surface area contributed by atoms with Crippen LogP contribution in [0.5, 0.6) is 0 Å². The van der Waals surface area contributed by atoms with Crippen LogP contribution in [-0.2, 0) is 4.79 Å². The van der Waals surface area contributed by atoms with Crippen molar-refractivity contribution in [1.82, 2.24) is 29.3 Å². The zero-order valence-corrected chi connectivity index (χ0v) is 27.7. The van der Waals surface area contributed by atoms with Crippen LogP contribution in [0.25, 0.3) is 22.7 Å². The summed E-state index contributed by atoms with van der Waals surface area (Å²) in [5.41, 5.74) is 7.42. The molecule has 1 saturated carbocycles. The Bertz CT molecular complexity index is 1670. The van der Waals surface area contributed by atoms with Crippen LogP contribution in [0, 0.1) is 13.8 Å². The third kappa shape index (κ3) is 7.64. The molecule has 2 aliphatic rings. The molecule has 1 saturated heterocycles. The van der Waals surface area contributed by atoms with Gasteiger partial charge in [-0.15, -0.1) is 0 Å². The van der Waals surface area contributed by atoms with E-state index in [-0.39, 0.29) is 18.0 Å². The number of amides is 1. The third-order valence-electron chi connectivity index (χ3n) is 9.67. The molecular weight excluding hydrogens is 568 g/mol. The van der Waals surface area contributed by atoms with Crippen molar-refractivity contribution in [3.05, 3.63) is 101 Å². The number of rotatable bonds is 11. The van der Waals surface area contributed by atoms with Crippen LogP contribution >= 0.6 is 0 Å². The number of aryl methyl sites for hydroxylation is 2. The molecule has 7 nitrogen and oxygen atoms in total. The average molecular weight is 617 g/mol. The second-order valence-corrected chi connectivity index (χ2v) is 13.1. The van der Waals surface area contributed by atoms with Gasteiger partial charge in [0.1, 0.15) is 11.3 Å². The van der Waals surface area contributed by atoms with E-state index in [1.807, 2.05) is 13.0 Å². The number of hydrogen-bond donors (Lipinski definition) is 0. The first-order valence-electron chi connectivity index (χ1n) is 17.2. The van der Waals surface area contributed by atoms with Crippen molar-refractivity contribution < 1.29 is 4.79 Å². The molecule has 0 bridgehead atoms. The molecule has 2 fully saturated rings. The molecule has 1 aliphatic carbocycles. The zero-order valence-electron chi connectivity index (χ0n) is 27.7. The summed E-state index contributed by atoms with van der Waals surface area (Å²) in [6.45, 7) is 10.1. The third-order valence-corrected chi connectivity index (χ3v) is 9.67. The zero-order chi connectivity index (χ0) is 31.9. The molecule has 1 unspecified atom stereocenters.